The second kappa shape index (κ2) is 9.55. The summed E-state index contributed by atoms with van der Waals surface area (Å²) in [5, 5.41) is 21.6. The third-order valence-electron chi connectivity index (χ3n) is 4.94. The molecule has 0 unspecified atom stereocenters. The standard InChI is InChI=1S/C22H24N6OS/c1-16(2)22(3,15-23)25-19(29)14-30-21-27-26-20(18-10-7-11-24-12-18)28(21)13-17-8-5-4-6-9-17/h4-12,16H,13-14H2,1-3H3,(H,25,29)/t22-/m1/s1. The van der Waals surface area contributed by atoms with Gasteiger partial charge in [0, 0.05) is 18.0 Å². The van der Waals surface area contributed by atoms with Crippen LogP contribution in [-0.2, 0) is 11.3 Å². The molecule has 0 saturated carbocycles. The van der Waals surface area contributed by atoms with E-state index in [0.29, 0.717) is 17.5 Å². The first-order valence-electron chi connectivity index (χ1n) is 9.65. The van der Waals surface area contributed by atoms with Crippen molar-refractivity contribution in [1.29, 1.82) is 5.26 Å². The van der Waals surface area contributed by atoms with Crippen LogP contribution in [-0.4, -0.2) is 36.9 Å². The van der Waals surface area contributed by atoms with Crippen LogP contribution in [0.4, 0.5) is 0 Å². The first-order valence-corrected chi connectivity index (χ1v) is 10.6. The number of carbonyl (C=O) groups excluding carboxylic acids is 1. The molecular weight excluding hydrogens is 396 g/mol. The lowest BCUT2D eigenvalue weighted by atomic mass is 9.90. The van der Waals surface area contributed by atoms with Crippen LogP contribution in [0.5, 0.6) is 0 Å². The predicted octanol–water partition coefficient (Wildman–Crippen LogP) is 3.53. The minimum Gasteiger partial charge on any atom is -0.337 e. The number of nitriles is 1. The van der Waals surface area contributed by atoms with Crippen LogP contribution in [0.3, 0.4) is 0 Å². The fraction of sp³-hybridized carbons (Fsp3) is 0.318. The van der Waals surface area contributed by atoms with Crippen molar-refractivity contribution in [3.8, 4) is 17.5 Å². The van der Waals surface area contributed by atoms with Crippen molar-refractivity contribution in [2.45, 2.75) is 38.0 Å². The van der Waals surface area contributed by atoms with Crippen LogP contribution in [0.15, 0.2) is 60.0 Å². The third kappa shape index (κ3) is 5.05. The van der Waals surface area contributed by atoms with Gasteiger partial charge in [0.15, 0.2) is 11.0 Å². The Morgan fingerprint density at radius 1 is 1.23 bits per heavy atom. The quantitative estimate of drug-likeness (QED) is 0.560. The van der Waals surface area contributed by atoms with E-state index in [2.05, 4.69) is 26.6 Å². The van der Waals surface area contributed by atoms with Gasteiger partial charge in [0.2, 0.25) is 5.91 Å². The number of nitrogens with zero attached hydrogens (tertiary/aromatic N) is 5. The highest BCUT2D eigenvalue weighted by Crippen LogP contribution is 2.25. The molecule has 0 aliphatic carbocycles. The van der Waals surface area contributed by atoms with Crippen LogP contribution in [0.25, 0.3) is 11.4 Å². The van der Waals surface area contributed by atoms with E-state index in [1.54, 1.807) is 19.3 Å². The molecule has 0 aliphatic rings. The summed E-state index contributed by atoms with van der Waals surface area (Å²) in [5.74, 6) is 0.619. The van der Waals surface area contributed by atoms with E-state index >= 15 is 0 Å². The van der Waals surface area contributed by atoms with Gasteiger partial charge in [-0.1, -0.05) is 55.9 Å². The first-order chi connectivity index (χ1) is 14.4. The molecule has 0 aliphatic heterocycles. The van der Waals surface area contributed by atoms with E-state index in [4.69, 9.17) is 0 Å². The van der Waals surface area contributed by atoms with Crippen LogP contribution < -0.4 is 5.32 Å². The molecule has 0 radical (unpaired) electrons. The number of benzene rings is 1. The first kappa shape index (κ1) is 21.5. The lowest BCUT2D eigenvalue weighted by Crippen LogP contribution is -2.49. The molecule has 0 saturated heterocycles. The topological polar surface area (TPSA) is 96.5 Å². The van der Waals surface area contributed by atoms with Gasteiger partial charge in [-0.2, -0.15) is 5.26 Å². The number of carbonyl (C=O) groups is 1. The summed E-state index contributed by atoms with van der Waals surface area (Å²) in [7, 11) is 0. The number of rotatable bonds is 8. The zero-order valence-electron chi connectivity index (χ0n) is 17.2. The van der Waals surface area contributed by atoms with Gasteiger partial charge < -0.3 is 5.32 Å². The van der Waals surface area contributed by atoms with Crippen LogP contribution in [0.1, 0.15) is 26.3 Å². The lowest BCUT2D eigenvalue weighted by molar-refractivity contribution is -0.120. The highest BCUT2D eigenvalue weighted by Gasteiger charge is 2.30. The molecule has 7 nitrogen and oxygen atoms in total. The summed E-state index contributed by atoms with van der Waals surface area (Å²) in [6.45, 7) is 6.13. The minimum absolute atomic E-state index is 0.00429. The predicted molar refractivity (Wildman–Crippen MR) is 117 cm³/mol. The summed E-state index contributed by atoms with van der Waals surface area (Å²) in [4.78, 5) is 16.7. The largest absolute Gasteiger partial charge is 0.337 e. The van der Waals surface area contributed by atoms with Crippen molar-refractivity contribution in [3.05, 3.63) is 60.4 Å². The van der Waals surface area contributed by atoms with E-state index in [1.165, 1.54) is 11.8 Å². The number of pyridine rings is 1. The van der Waals surface area contributed by atoms with Gasteiger partial charge in [0.1, 0.15) is 5.54 Å². The van der Waals surface area contributed by atoms with E-state index in [1.807, 2.05) is 60.9 Å². The van der Waals surface area contributed by atoms with Crippen LogP contribution in [0, 0.1) is 17.2 Å². The Labute approximate surface area is 180 Å². The Bertz CT molecular complexity index is 1030. The highest BCUT2D eigenvalue weighted by molar-refractivity contribution is 7.99. The van der Waals surface area contributed by atoms with Crippen LogP contribution >= 0.6 is 11.8 Å². The summed E-state index contributed by atoms with van der Waals surface area (Å²) in [6.07, 6.45) is 3.45. The average molecular weight is 421 g/mol. The monoisotopic (exact) mass is 420 g/mol. The number of hydrogen-bond donors (Lipinski definition) is 1. The number of hydrogen-bond acceptors (Lipinski definition) is 6. The molecule has 8 heteroatoms. The summed E-state index contributed by atoms with van der Waals surface area (Å²) in [6, 6.07) is 16.0. The Morgan fingerprint density at radius 3 is 2.63 bits per heavy atom. The molecule has 1 N–H and O–H groups in total. The van der Waals surface area contributed by atoms with Crippen molar-refractivity contribution in [2.75, 3.05) is 5.75 Å². The minimum atomic E-state index is -0.907. The molecule has 0 spiro atoms. The second-order valence-corrected chi connectivity index (χ2v) is 8.37. The molecule has 1 atom stereocenters. The van der Waals surface area contributed by atoms with E-state index in [-0.39, 0.29) is 17.6 Å². The van der Waals surface area contributed by atoms with Gasteiger partial charge >= 0.3 is 0 Å². The molecule has 30 heavy (non-hydrogen) atoms. The Morgan fingerprint density at radius 2 is 2.00 bits per heavy atom. The maximum Gasteiger partial charge on any atom is 0.231 e. The van der Waals surface area contributed by atoms with Crippen molar-refractivity contribution >= 4 is 17.7 Å². The van der Waals surface area contributed by atoms with Gasteiger partial charge in [0.05, 0.1) is 18.4 Å². The van der Waals surface area contributed by atoms with E-state index < -0.39 is 5.54 Å². The van der Waals surface area contributed by atoms with Gasteiger partial charge in [0.25, 0.3) is 0 Å². The van der Waals surface area contributed by atoms with Crippen molar-refractivity contribution < 1.29 is 4.79 Å². The molecule has 0 fully saturated rings. The van der Waals surface area contributed by atoms with Crippen molar-refractivity contribution in [1.82, 2.24) is 25.1 Å². The van der Waals surface area contributed by atoms with Crippen molar-refractivity contribution in [3.63, 3.8) is 0 Å². The normalized spacial score (nSPS) is 12.9. The molecule has 3 rings (SSSR count). The molecule has 3 aromatic rings. The van der Waals surface area contributed by atoms with Gasteiger partial charge in [-0.05, 0) is 30.5 Å². The number of nitrogens with one attached hydrogen (secondary N) is 1. The summed E-state index contributed by atoms with van der Waals surface area (Å²) in [5.41, 5.74) is 1.05. The van der Waals surface area contributed by atoms with Crippen LogP contribution in [0.2, 0.25) is 0 Å². The molecule has 154 valence electrons. The molecule has 2 aromatic heterocycles. The van der Waals surface area contributed by atoms with E-state index in [9.17, 15) is 10.1 Å². The Balaban J connectivity index is 1.82. The van der Waals surface area contributed by atoms with E-state index in [0.717, 1.165) is 11.1 Å². The maximum absolute atomic E-state index is 12.5. The summed E-state index contributed by atoms with van der Waals surface area (Å²) < 4.78 is 1.98. The van der Waals surface area contributed by atoms with Gasteiger partial charge in [-0.3, -0.25) is 14.3 Å². The number of thioether (sulfide) groups is 1. The number of amides is 1. The van der Waals surface area contributed by atoms with Crippen molar-refractivity contribution in [2.24, 2.45) is 5.92 Å². The Kier molecular flexibility index (Phi) is 6.85. The lowest BCUT2D eigenvalue weighted by Gasteiger charge is -2.27. The summed E-state index contributed by atoms with van der Waals surface area (Å²) >= 11 is 1.30. The Hall–Kier alpha value is -3.18. The smallest absolute Gasteiger partial charge is 0.231 e. The zero-order valence-corrected chi connectivity index (χ0v) is 18.1. The molecular formula is C22H24N6OS. The van der Waals surface area contributed by atoms with Gasteiger partial charge in [-0.15, -0.1) is 10.2 Å². The molecule has 1 amide bonds. The highest BCUT2D eigenvalue weighted by atomic mass is 32.2. The van der Waals surface area contributed by atoms with Gasteiger partial charge in [-0.25, -0.2) is 0 Å². The fourth-order valence-electron chi connectivity index (χ4n) is 2.77. The number of aromatic nitrogens is 4. The average Bonchev–Trinajstić information content (AvgIpc) is 3.15. The molecule has 1 aromatic carbocycles. The second-order valence-electron chi connectivity index (χ2n) is 7.43. The zero-order chi connectivity index (χ0) is 21.6. The third-order valence-corrected chi connectivity index (χ3v) is 5.91. The molecule has 2 heterocycles. The maximum atomic E-state index is 12.5. The SMILES string of the molecule is CC(C)[C@@](C)(C#N)NC(=O)CSc1nnc(-c2cccnc2)n1Cc1ccccc1. The molecule has 0 bridgehead atoms. The fourth-order valence-corrected chi connectivity index (χ4v) is 3.51.